The van der Waals surface area contributed by atoms with Gasteiger partial charge in [0.1, 0.15) is 5.76 Å². The van der Waals surface area contributed by atoms with Gasteiger partial charge < -0.3 is 10.0 Å². The van der Waals surface area contributed by atoms with Crippen LogP contribution >= 0.6 is 6.89 Å². The Balaban J connectivity index is 1.37. The second-order valence-electron chi connectivity index (χ2n) is 19.9. The van der Waals surface area contributed by atoms with Crippen molar-refractivity contribution in [2.24, 2.45) is 0 Å². The summed E-state index contributed by atoms with van der Waals surface area (Å²) in [6.07, 6.45) is 16.4. The molecule has 73 heavy (non-hydrogen) atoms. The molecule has 0 bridgehead atoms. The lowest BCUT2D eigenvalue weighted by Gasteiger charge is -2.31. The molecule has 2 aliphatic carbocycles. The highest BCUT2D eigenvalue weighted by molar-refractivity contribution is 7.92. The molecule has 0 radical (unpaired) electrons. The summed E-state index contributed by atoms with van der Waals surface area (Å²) >= 11 is 0. The highest BCUT2D eigenvalue weighted by atomic mass is 32.2. The molecule has 0 unspecified atom stereocenters. The normalized spacial score (nSPS) is 15.1. The van der Waals surface area contributed by atoms with Crippen molar-refractivity contribution in [1.82, 2.24) is 4.72 Å². The van der Waals surface area contributed by atoms with Crippen LogP contribution < -0.4 is 25.0 Å². The van der Waals surface area contributed by atoms with Gasteiger partial charge in [-0.3, -0.25) is 14.2 Å². The molecule has 0 saturated carbocycles. The first-order valence-electron chi connectivity index (χ1n) is 26.0. The van der Waals surface area contributed by atoms with E-state index in [1.165, 1.54) is 0 Å². The van der Waals surface area contributed by atoms with Gasteiger partial charge >= 0.3 is 0 Å². The summed E-state index contributed by atoms with van der Waals surface area (Å²) < 4.78 is 62.0. The number of hydrogen-bond acceptors (Lipinski definition) is 7. The lowest BCUT2D eigenvalue weighted by atomic mass is 9.79. The molecule has 0 aromatic heterocycles. The average Bonchev–Trinajstić information content (AvgIpc) is 3.36. The molecule has 9 nitrogen and oxygen atoms in total. The third-order valence-corrected chi connectivity index (χ3v) is 20.7. The molecule has 0 spiro atoms. The molecule has 3 N–H and O–H groups in total. The van der Waals surface area contributed by atoms with Crippen molar-refractivity contribution in [3.05, 3.63) is 184 Å². The van der Waals surface area contributed by atoms with Gasteiger partial charge in [0.25, 0.3) is 0 Å². The maximum Gasteiger partial charge on any atom is 0.232 e. The minimum absolute atomic E-state index is 0.0459. The Bertz CT molecular complexity index is 3090. The number of aliphatic hydroxyl groups is 1. The van der Waals surface area contributed by atoms with Crippen molar-refractivity contribution in [3.8, 4) is 0 Å². The van der Waals surface area contributed by atoms with Crippen LogP contribution in [-0.2, 0) is 24.8 Å². The van der Waals surface area contributed by atoms with Gasteiger partial charge in [0.2, 0.25) is 25.8 Å². The highest BCUT2D eigenvalue weighted by Crippen LogP contribution is 2.48. The summed E-state index contributed by atoms with van der Waals surface area (Å²) in [5, 5.41) is 15.4. The minimum Gasteiger partial charge on any atom is -0.506 e. The minimum atomic E-state index is -3.93. The van der Waals surface area contributed by atoms with Crippen LogP contribution in [0, 0.1) is 27.7 Å². The van der Waals surface area contributed by atoms with Gasteiger partial charge in [0.15, 0.2) is 0 Å². The zero-order valence-electron chi connectivity index (χ0n) is 43.8. The second kappa shape index (κ2) is 24.4. The molecule has 2 aliphatic rings. The van der Waals surface area contributed by atoms with Crippen LogP contribution in [0.3, 0.4) is 0 Å². The van der Waals surface area contributed by atoms with Gasteiger partial charge in [-0.1, -0.05) is 185 Å². The third-order valence-electron chi connectivity index (χ3n) is 14.0. The highest BCUT2D eigenvalue weighted by Gasteiger charge is 2.40. The van der Waals surface area contributed by atoms with Gasteiger partial charge in [-0.15, -0.1) is 0 Å². The van der Waals surface area contributed by atoms with Crippen molar-refractivity contribution < 1.29 is 26.7 Å². The van der Waals surface area contributed by atoms with Crippen LogP contribution in [0.4, 0.5) is 22.7 Å². The third kappa shape index (κ3) is 13.5. The van der Waals surface area contributed by atoms with E-state index in [4.69, 9.17) is 0 Å². The number of sulfonamides is 2. The first kappa shape index (κ1) is 54.9. The fourth-order valence-corrected chi connectivity index (χ4v) is 15.1. The Labute approximate surface area is 436 Å². The maximum atomic E-state index is 14.9. The van der Waals surface area contributed by atoms with Gasteiger partial charge in [-0.25, -0.2) is 16.8 Å². The number of nitrogens with one attached hydrogen (secondary N) is 2. The molecule has 386 valence electrons. The summed E-state index contributed by atoms with van der Waals surface area (Å²) in [5.41, 5.74) is 7.44. The van der Waals surface area contributed by atoms with Crippen LogP contribution in [0.2, 0.25) is 0 Å². The Morgan fingerprint density at radius 3 is 1.41 bits per heavy atom. The number of hydrogen-bond donors (Lipinski definition) is 3. The van der Waals surface area contributed by atoms with Crippen molar-refractivity contribution in [3.63, 3.8) is 0 Å². The molecular weight excluding hydrogens is 966 g/mol. The lowest BCUT2D eigenvalue weighted by molar-refractivity contribution is -0.111. The van der Waals surface area contributed by atoms with E-state index >= 15 is 0 Å². The number of aryl methyl sites for hydroxylation is 4. The van der Waals surface area contributed by atoms with Crippen LogP contribution in [0.25, 0.3) is 5.57 Å². The van der Waals surface area contributed by atoms with Crippen molar-refractivity contribution >= 4 is 76.9 Å². The van der Waals surface area contributed by atoms with Crippen LogP contribution in [0.1, 0.15) is 119 Å². The number of carbonyl (C=O) groups excluding carboxylic acids is 1. The molecule has 12 heteroatoms. The molecule has 7 rings (SSSR count). The predicted molar refractivity (Wildman–Crippen MR) is 310 cm³/mol. The molecule has 0 fully saturated rings. The number of Topliss-reactive ketones (excluding diaryl/α,β-unsaturated/α-hetero) is 1. The number of ketones is 1. The smallest absolute Gasteiger partial charge is 0.232 e. The maximum absolute atomic E-state index is 14.9. The molecule has 5 aromatic rings. The van der Waals surface area contributed by atoms with Gasteiger partial charge in [-0.2, -0.15) is 0 Å². The fraction of sp³-hybridized carbons (Fsp3) is 0.344. The zero-order chi connectivity index (χ0) is 52.3. The average molecular weight is 1040 g/mol. The number of aliphatic hydroxyl groups excluding tert-OH is 1. The SMILES string of the molecule is CCCCCCCCS(=O)(=O)NC1=CC(=P(C)(c2ccc(C)cc2)c2ccc(C)cc2)C=C/C1=C1\C(=O)C(c2ccc(N(c3ccc(C)cc3)c3ccc(C)cc3)cc2NS(=O)(=O)CCCCCCCC)=C1O. The lowest BCUT2D eigenvalue weighted by Crippen LogP contribution is -2.32. The first-order chi connectivity index (χ1) is 34.9. The number of unbranched alkanes of at least 4 members (excludes halogenated alkanes) is 10. The standard InChI is InChI=1S/C61H74N3O6PS2/c1-8-10-12-14-16-18-40-72(67,68)62-56-42-50(64(48-28-20-44(3)21-29-48)49-30-22-45(4)23-31-49)32-38-54(56)58-60(65)59(61(58)66)55-39-37-53(43-57(55)63-73(69,70)41-19-17-15-13-11-9-2)71(7,51-33-24-46(5)25-34-51)52-35-26-47(6)27-36-52/h20-39,42-43,62-63,65H,8-19,40-41H2,1-7H3/b59-55+. The second-order valence-corrected chi connectivity index (χ2v) is 27.2. The molecule has 0 heterocycles. The molecular formula is C61H74N3O6PS2. The van der Waals surface area contributed by atoms with E-state index < -0.39 is 32.7 Å². The van der Waals surface area contributed by atoms with E-state index in [-0.39, 0.29) is 50.9 Å². The van der Waals surface area contributed by atoms with Crippen LogP contribution in [0.15, 0.2) is 156 Å². The van der Waals surface area contributed by atoms with E-state index in [0.29, 0.717) is 18.5 Å². The van der Waals surface area contributed by atoms with E-state index in [9.17, 15) is 26.7 Å². The Kier molecular flexibility index (Phi) is 18.4. The van der Waals surface area contributed by atoms with Gasteiger partial charge in [0.05, 0.1) is 34.0 Å². The summed E-state index contributed by atoms with van der Waals surface area (Å²) in [7, 11) is -7.84. The molecule has 0 saturated heterocycles. The summed E-state index contributed by atoms with van der Waals surface area (Å²) in [6.45, 7) is 12.2. The summed E-state index contributed by atoms with van der Waals surface area (Å²) in [6, 6.07) is 38.2. The molecule has 0 aliphatic heterocycles. The van der Waals surface area contributed by atoms with Crippen molar-refractivity contribution in [2.75, 3.05) is 27.8 Å². The molecule has 0 amide bonds. The predicted octanol–water partition coefficient (Wildman–Crippen LogP) is 13.8. The van der Waals surface area contributed by atoms with E-state index in [2.05, 4.69) is 78.5 Å². The quantitative estimate of drug-likeness (QED) is 0.0318. The number of benzene rings is 5. The van der Waals surface area contributed by atoms with Gasteiger partial charge in [-0.05, 0) is 119 Å². The fourth-order valence-electron chi connectivity index (χ4n) is 9.54. The summed E-state index contributed by atoms with van der Waals surface area (Å²) in [5.74, 6) is -1.09. The Morgan fingerprint density at radius 1 is 0.521 bits per heavy atom. The largest absolute Gasteiger partial charge is 0.506 e. The monoisotopic (exact) mass is 1040 g/mol. The summed E-state index contributed by atoms with van der Waals surface area (Å²) in [4.78, 5) is 16.9. The van der Waals surface area contributed by atoms with E-state index in [1.807, 2.05) is 99.3 Å². The topological polar surface area (TPSA) is 133 Å². The Morgan fingerprint density at radius 2 is 0.945 bits per heavy atom. The van der Waals surface area contributed by atoms with E-state index in [0.717, 1.165) is 114 Å². The van der Waals surface area contributed by atoms with E-state index in [1.54, 1.807) is 18.2 Å². The number of anilines is 4. The number of carbonyl (C=O) groups is 1. The van der Waals surface area contributed by atoms with Crippen molar-refractivity contribution in [1.29, 1.82) is 0 Å². The zero-order valence-corrected chi connectivity index (χ0v) is 46.3. The number of allylic oxidation sites excluding steroid dienone is 5. The Hall–Kier alpha value is -5.87. The first-order valence-corrected chi connectivity index (χ1v) is 31.6. The van der Waals surface area contributed by atoms with Crippen LogP contribution in [-0.4, -0.2) is 51.2 Å². The number of nitrogens with zero attached hydrogens (tertiary/aromatic N) is 1. The van der Waals surface area contributed by atoms with Crippen molar-refractivity contribution in [2.45, 2.75) is 119 Å². The number of rotatable bonds is 24. The van der Waals surface area contributed by atoms with Gasteiger partial charge in [0, 0.05) is 28.2 Å². The molecule has 0 atom stereocenters. The molecule has 5 aromatic carbocycles. The van der Waals surface area contributed by atoms with Crippen LogP contribution in [0.5, 0.6) is 0 Å².